The molecule has 0 unspecified atom stereocenters. The number of amides is 1. The molecule has 1 amide bonds. The van der Waals surface area contributed by atoms with Gasteiger partial charge in [-0.05, 0) is 42.7 Å². The second kappa shape index (κ2) is 11.9. The number of halogens is 1. The van der Waals surface area contributed by atoms with E-state index in [0.29, 0.717) is 29.9 Å². The third-order valence-corrected chi connectivity index (χ3v) is 5.83. The predicted octanol–water partition coefficient (Wildman–Crippen LogP) is 3.67. The molecule has 0 bridgehead atoms. The molecule has 1 aliphatic rings. The van der Waals surface area contributed by atoms with Crippen LogP contribution >= 0.6 is 23.4 Å². The van der Waals surface area contributed by atoms with Crippen molar-refractivity contribution < 1.29 is 9.53 Å². The van der Waals surface area contributed by atoms with Crippen LogP contribution in [0.5, 0.6) is 0 Å². The molecule has 1 aromatic carbocycles. The SMILES string of the molecule is CSc1nc(NCCNC(=O)c2cccc(Cl)n2)cc(Nc2ccc(N3CCOCC3)cc2)n1. The van der Waals surface area contributed by atoms with E-state index < -0.39 is 0 Å². The summed E-state index contributed by atoms with van der Waals surface area (Å²) in [5.74, 6) is 1.08. The minimum absolute atomic E-state index is 0.278. The fourth-order valence-corrected chi connectivity index (χ4v) is 3.93. The number of rotatable bonds is 9. The number of thioether (sulfide) groups is 1. The Morgan fingerprint density at radius 3 is 2.56 bits per heavy atom. The number of nitrogens with zero attached hydrogens (tertiary/aromatic N) is 4. The van der Waals surface area contributed by atoms with Gasteiger partial charge < -0.3 is 25.6 Å². The largest absolute Gasteiger partial charge is 0.378 e. The van der Waals surface area contributed by atoms with Gasteiger partial charge in [-0.15, -0.1) is 0 Å². The van der Waals surface area contributed by atoms with Gasteiger partial charge in [0.2, 0.25) is 0 Å². The van der Waals surface area contributed by atoms with Gasteiger partial charge in [0.25, 0.3) is 5.91 Å². The van der Waals surface area contributed by atoms with Crippen molar-refractivity contribution in [2.24, 2.45) is 0 Å². The lowest BCUT2D eigenvalue weighted by molar-refractivity contribution is 0.0950. The van der Waals surface area contributed by atoms with E-state index in [-0.39, 0.29) is 16.8 Å². The van der Waals surface area contributed by atoms with Gasteiger partial charge in [0, 0.05) is 43.6 Å². The Balaban J connectivity index is 1.32. The second-order valence-corrected chi connectivity index (χ2v) is 8.59. The van der Waals surface area contributed by atoms with Crippen molar-refractivity contribution in [1.29, 1.82) is 0 Å². The van der Waals surface area contributed by atoms with Crippen molar-refractivity contribution in [2.45, 2.75) is 5.16 Å². The molecule has 0 spiro atoms. The molecule has 0 saturated carbocycles. The number of benzene rings is 1. The Hall–Kier alpha value is -3.08. The molecule has 0 atom stereocenters. The molecule has 2 aromatic heterocycles. The summed E-state index contributed by atoms with van der Waals surface area (Å²) in [6, 6.07) is 15.1. The maximum atomic E-state index is 12.2. The van der Waals surface area contributed by atoms with E-state index in [0.717, 1.165) is 32.0 Å². The van der Waals surface area contributed by atoms with Crippen molar-refractivity contribution in [1.82, 2.24) is 20.3 Å². The van der Waals surface area contributed by atoms with E-state index in [1.54, 1.807) is 18.2 Å². The van der Waals surface area contributed by atoms with E-state index in [9.17, 15) is 4.79 Å². The number of aromatic nitrogens is 3. The van der Waals surface area contributed by atoms with Crippen molar-refractivity contribution in [3.63, 3.8) is 0 Å². The van der Waals surface area contributed by atoms with Crippen LogP contribution in [-0.4, -0.2) is 66.5 Å². The predicted molar refractivity (Wildman–Crippen MR) is 137 cm³/mol. The Morgan fingerprint density at radius 1 is 1.06 bits per heavy atom. The number of hydrogen-bond donors (Lipinski definition) is 3. The van der Waals surface area contributed by atoms with Crippen LogP contribution in [0.2, 0.25) is 5.15 Å². The van der Waals surface area contributed by atoms with Crippen LogP contribution in [0.25, 0.3) is 0 Å². The van der Waals surface area contributed by atoms with Crippen LogP contribution in [0.3, 0.4) is 0 Å². The molecule has 4 rings (SSSR count). The maximum absolute atomic E-state index is 12.2. The lowest BCUT2D eigenvalue weighted by Crippen LogP contribution is -2.36. The number of anilines is 4. The van der Waals surface area contributed by atoms with E-state index in [1.807, 2.05) is 24.5 Å². The van der Waals surface area contributed by atoms with Crippen LogP contribution in [0.15, 0.2) is 53.7 Å². The minimum Gasteiger partial charge on any atom is -0.378 e. The second-order valence-electron chi connectivity index (χ2n) is 7.42. The number of carbonyl (C=O) groups excluding carboxylic acids is 1. The highest BCUT2D eigenvalue weighted by atomic mass is 35.5. The summed E-state index contributed by atoms with van der Waals surface area (Å²) in [4.78, 5) is 27.5. The van der Waals surface area contributed by atoms with Gasteiger partial charge in [0.05, 0.1) is 13.2 Å². The van der Waals surface area contributed by atoms with Crippen LogP contribution in [0.4, 0.5) is 23.0 Å². The van der Waals surface area contributed by atoms with Crippen molar-refractivity contribution in [3.05, 3.63) is 59.4 Å². The normalized spacial score (nSPS) is 13.4. The summed E-state index contributed by atoms with van der Waals surface area (Å²) >= 11 is 7.30. The van der Waals surface area contributed by atoms with Crippen LogP contribution in [-0.2, 0) is 4.74 Å². The topological polar surface area (TPSA) is 104 Å². The molecule has 3 aromatic rings. The summed E-state index contributed by atoms with van der Waals surface area (Å²) in [6.07, 6.45) is 1.93. The average Bonchev–Trinajstić information content (AvgIpc) is 2.87. The molecule has 1 aliphatic heterocycles. The quantitative estimate of drug-likeness (QED) is 0.176. The Bertz CT molecular complexity index is 1110. The average molecular weight is 500 g/mol. The third-order valence-electron chi connectivity index (χ3n) is 5.07. The molecule has 0 radical (unpaired) electrons. The number of hydrogen-bond acceptors (Lipinski definition) is 9. The van der Waals surface area contributed by atoms with E-state index >= 15 is 0 Å². The maximum Gasteiger partial charge on any atom is 0.270 e. The van der Waals surface area contributed by atoms with E-state index in [4.69, 9.17) is 16.3 Å². The lowest BCUT2D eigenvalue weighted by atomic mass is 10.2. The highest BCUT2D eigenvalue weighted by Gasteiger charge is 2.11. The first kappa shape index (κ1) is 24.1. The fourth-order valence-electron chi connectivity index (χ4n) is 3.39. The standard InChI is InChI=1S/C23H26ClN7O2S/c1-34-23-29-20(25-9-10-26-22(32)18-3-2-4-19(24)28-18)15-21(30-23)27-16-5-7-17(8-6-16)31-11-13-33-14-12-31/h2-8,15H,9-14H2,1H3,(H,26,32)(H2,25,27,29,30). The Labute approximate surface area is 207 Å². The molecule has 1 saturated heterocycles. The number of carbonyl (C=O) groups is 1. The Morgan fingerprint density at radius 2 is 1.82 bits per heavy atom. The first-order chi connectivity index (χ1) is 16.6. The lowest BCUT2D eigenvalue weighted by Gasteiger charge is -2.28. The van der Waals surface area contributed by atoms with E-state index in [1.165, 1.54) is 17.4 Å². The zero-order chi connectivity index (χ0) is 23.8. The zero-order valence-electron chi connectivity index (χ0n) is 18.8. The smallest absolute Gasteiger partial charge is 0.270 e. The monoisotopic (exact) mass is 499 g/mol. The Kier molecular flexibility index (Phi) is 8.40. The van der Waals surface area contributed by atoms with Crippen molar-refractivity contribution in [3.8, 4) is 0 Å². The molecular formula is C23H26ClN7O2S. The van der Waals surface area contributed by atoms with Crippen molar-refractivity contribution in [2.75, 3.05) is 61.2 Å². The molecule has 9 nitrogen and oxygen atoms in total. The molecule has 3 N–H and O–H groups in total. The number of nitrogens with one attached hydrogen (secondary N) is 3. The zero-order valence-corrected chi connectivity index (χ0v) is 20.3. The third kappa shape index (κ3) is 6.72. The van der Waals surface area contributed by atoms with E-state index in [2.05, 4.69) is 47.9 Å². The van der Waals surface area contributed by atoms with Gasteiger partial charge in [-0.3, -0.25) is 4.79 Å². The number of ether oxygens (including phenoxy) is 1. The highest BCUT2D eigenvalue weighted by Crippen LogP contribution is 2.23. The summed E-state index contributed by atoms with van der Waals surface area (Å²) in [7, 11) is 0. The molecule has 34 heavy (non-hydrogen) atoms. The van der Waals surface area contributed by atoms with Crippen molar-refractivity contribution >= 4 is 52.3 Å². The summed E-state index contributed by atoms with van der Waals surface area (Å²) < 4.78 is 5.42. The molecular weight excluding hydrogens is 474 g/mol. The first-order valence-corrected chi connectivity index (χ1v) is 12.5. The highest BCUT2D eigenvalue weighted by molar-refractivity contribution is 7.98. The van der Waals surface area contributed by atoms with Gasteiger partial charge in [-0.1, -0.05) is 29.4 Å². The number of pyridine rings is 1. The number of morpholine rings is 1. The summed E-state index contributed by atoms with van der Waals surface area (Å²) in [5, 5.41) is 10.3. The summed E-state index contributed by atoms with van der Waals surface area (Å²) in [6.45, 7) is 4.22. The molecule has 1 fully saturated rings. The van der Waals surface area contributed by atoms with Gasteiger partial charge in [0.1, 0.15) is 22.5 Å². The van der Waals surface area contributed by atoms with Gasteiger partial charge >= 0.3 is 0 Å². The van der Waals surface area contributed by atoms with Crippen LogP contribution in [0, 0.1) is 0 Å². The molecule has 3 heterocycles. The van der Waals surface area contributed by atoms with Gasteiger partial charge in [0.15, 0.2) is 5.16 Å². The molecule has 178 valence electrons. The van der Waals surface area contributed by atoms with Crippen LogP contribution in [0.1, 0.15) is 10.5 Å². The fraction of sp³-hybridized carbons (Fsp3) is 0.304. The minimum atomic E-state index is -0.278. The first-order valence-electron chi connectivity index (χ1n) is 10.9. The van der Waals surface area contributed by atoms with Gasteiger partial charge in [-0.2, -0.15) is 0 Å². The molecule has 11 heteroatoms. The van der Waals surface area contributed by atoms with Gasteiger partial charge in [-0.25, -0.2) is 15.0 Å². The van der Waals surface area contributed by atoms with Crippen LogP contribution < -0.4 is 20.9 Å². The summed E-state index contributed by atoms with van der Waals surface area (Å²) in [5.41, 5.74) is 2.40. The molecule has 0 aliphatic carbocycles.